The molecule has 0 unspecified atom stereocenters. The Hall–Kier alpha value is -1.22. The maximum atomic E-state index is 5.65. The number of ether oxygens (including phenoxy) is 2. The average Bonchev–Trinajstić information content (AvgIpc) is 2.53. The summed E-state index contributed by atoms with van der Waals surface area (Å²) in [5.41, 5.74) is 1.35. The van der Waals surface area contributed by atoms with Crippen molar-refractivity contribution in [2.45, 2.75) is 32.6 Å². The second-order valence-electron chi connectivity index (χ2n) is 5.92. The predicted octanol–water partition coefficient (Wildman–Crippen LogP) is 3.12. The predicted molar refractivity (Wildman–Crippen MR) is 80.6 cm³/mol. The summed E-state index contributed by atoms with van der Waals surface area (Å²) in [5.74, 6) is 2.77. The van der Waals surface area contributed by atoms with E-state index in [0.717, 1.165) is 30.4 Å². The lowest BCUT2D eigenvalue weighted by molar-refractivity contribution is 0.171. The summed E-state index contributed by atoms with van der Waals surface area (Å²) in [6.45, 7) is 7.34. The van der Waals surface area contributed by atoms with Crippen molar-refractivity contribution in [2.24, 2.45) is 5.92 Å². The van der Waals surface area contributed by atoms with E-state index in [-0.39, 0.29) is 0 Å². The van der Waals surface area contributed by atoms with E-state index in [1.54, 1.807) is 0 Å². The summed E-state index contributed by atoms with van der Waals surface area (Å²) in [7, 11) is 0. The molecular weight excluding hydrogens is 250 g/mol. The number of hydrogen-bond donors (Lipinski definition) is 0. The zero-order valence-electron chi connectivity index (χ0n) is 12.4. The van der Waals surface area contributed by atoms with Gasteiger partial charge in [0.05, 0.1) is 0 Å². The van der Waals surface area contributed by atoms with Gasteiger partial charge < -0.3 is 14.4 Å². The van der Waals surface area contributed by atoms with Gasteiger partial charge in [0, 0.05) is 6.54 Å². The number of piperidine rings is 1. The molecule has 0 atom stereocenters. The molecule has 0 aromatic heterocycles. The highest BCUT2D eigenvalue weighted by Gasteiger charge is 2.17. The second kappa shape index (κ2) is 6.49. The maximum absolute atomic E-state index is 5.65. The van der Waals surface area contributed by atoms with Crippen LogP contribution in [0.2, 0.25) is 0 Å². The highest BCUT2D eigenvalue weighted by Crippen LogP contribution is 2.31. The van der Waals surface area contributed by atoms with Crippen LogP contribution in [0.15, 0.2) is 18.2 Å². The Morgan fingerprint density at radius 2 is 1.85 bits per heavy atom. The third kappa shape index (κ3) is 3.26. The number of fused-ring (bicyclic) bond motifs is 1. The van der Waals surface area contributed by atoms with E-state index < -0.39 is 0 Å². The van der Waals surface area contributed by atoms with Gasteiger partial charge in [-0.15, -0.1) is 0 Å². The second-order valence-corrected chi connectivity index (χ2v) is 5.92. The quantitative estimate of drug-likeness (QED) is 0.842. The van der Waals surface area contributed by atoms with Crippen LogP contribution in [-0.2, 0) is 6.42 Å². The van der Waals surface area contributed by atoms with E-state index in [1.807, 2.05) is 6.07 Å². The van der Waals surface area contributed by atoms with Crippen molar-refractivity contribution in [1.82, 2.24) is 4.90 Å². The fourth-order valence-corrected chi connectivity index (χ4v) is 3.15. The minimum atomic E-state index is 0.665. The van der Waals surface area contributed by atoms with Crippen LogP contribution in [0.5, 0.6) is 11.5 Å². The first-order valence-electron chi connectivity index (χ1n) is 7.96. The Kier molecular flexibility index (Phi) is 4.46. The Bertz CT molecular complexity index is 439. The number of rotatable bonds is 4. The SMILES string of the molecule is CCC1CCN(CCc2ccc3c(c2)OCCO3)CC1. The van der Waals surface area contributed by atoms with E-state index in [4.69, 9.17) is 9.47 Å². The zero-order valence-corrected chi connectivity index (χ0v) is 12.4. The summed E-state index contributed by atoms with van der Waals surface area (Å²) in [5, 5.41) is 0. The molecule has 1 saturated heterocycles. The molecule has 110 valence electrons. The number of likely N-dealkylation sites (tertiary alicyclic amines) is 1. The van der Waals surface area contributed by atoms with Crippen molar-refractivity contribution in [3.05, 3.63) is 23.8 Å². The van der Waals surface area contributed by atoms with Crippen LogP contribution in [0.25, 0.3) is 0 Å². The molecular formula is C17H25NO2. The van der Waals surface area contributed by atoms with Crippen LogP contribution in [0.4, 0.5) is 0 Å². The monoisotopic (exact) mass is 275 g/mol. The molecule has 0 spiro atoms. The van der Waals surface area contributed by atoms with E-state index in [1.165, 1.54) is 37.9 Å². The Balaban J connectivity index is 1.51. The van der Waals surface area contributed by atoms with Crippen molar-refractivity contribution in [3.8, 4) is 11.5 Å². The lowest BCUT2D eigenvalue weighted by atomic mass is 9.94. The van der Waals surface area contributed by atoms with Crippen LogP contribution in [0, 0.1) is 5.92 Å². The van der Waals surface area contributed by atoms with Crippen LogP contribution in [0.3, 0.4) is 0 Å². The minimum Gasteiger partial charge on any atom is -0.486 e. The molecule has 0 N–H and O–H groups in total. The molecule has 1 aromatic carbocycles. The number of nitrogens with zero attached hydrogens (tertiary/aromatic N) is 1. The molecule has 3 heteroatoms. The normalized spacial score (nSPS) is 20.1. The summed E-state index contributed by atoms with van der Waals surface area (Å²) in [6.07, 6.45) is 5.19. The summed E-state index contributed by atoms with van der Waals surface area (Å²) in [4.78, 5) is 2.60. The molecule has 1 fully saturated rings. The van der Waals surface area contributed by atoms with Crippen molar-refractivity contribution < 1.29 is 9.47 Å². The Morgan fingerprint density at radius 1 is 1.10 bits per heavy atom. The molecule has 0 bridgehead atoms. The van der Waals surface area contributed by atoms with Crippen LogP contribution >= 0.6 is 0 Å². The summed E-state index contributed by atoms with van der Waals surface area (Å²) in [6, 6.07) is 6.37. The third-order valence-electron chi connectivity index (χ3n) is 4.61. The molecule has 0 radical (unpaired) electrons. The minimum absolute atomic E-state index is 0.665. The number of benzene rings is 1. The lowest BCUT2D eigenvalue weighted by Gasteiger charge is -2.31. The van der Waals surface area contributed by atoms with Crippen molar-refractivity contribution in [2.75, 3.05) is 32.8 Å². The first-order valence-corrected chi connectivity index (χ1v) is 7.96. The Labute approximate surface area is 121 Å². The van der Waals surface area contributed by atoms with Gasteiger partial charge >= 0.3 is 0 Å². The van der Waals surface area contributed by atoms with Crippen molar-refractivity contribution in [1.29, 1.82) is 0 Å². The van der Waals surface area contributed by atoms with Crippen molar-refractivity contribution in [3.63, 3.8) is 0 Å². The van der Waals surface area contributed by atoms with Gasteiger partial charge in [-0.25, -0.2) is 0 Å². The maximum Gasteiger partial charge on any atom is 0.161 e. The van der Waals surface area contributed by atoms with Gasteiger partial charge in [0.25, 0.3) is 0 Å². The molecule has 0 saturated carbocycles. The van der Waals surface area contributed by atoms with Gasteiger partial charge in [0.1, 0.15) is 13.2 Å². The van der Waals surface area contributed by atoms with Gasteiger partial charge in [-0.1, -0.05) is 19.4 Å². The molecule has 20 heavy (non-hydrogen) atoms. The highest BCUT2D eigenvalue weighted by molar-refractivity contribution is 5.43. The first kappa shape index (κ1) is 13.7. The van der Waals surface area contributed by atoms with Crippen molar-refractivity contribution >= 4 is 0 Å². The topological polar surface area (TPSA) is 21.7 Å². The molecule has 0 aliphatic carbocycles. The van der Waals surface area contributed by atoms with Gasteiger partial charge in [-0.3, -0.25) is 0 Å². The van der Waals surface area contributed by atoms with Gasteiger partial charge in [0.2, 0.25) is 0 Å². The van der Waals surface area contributed by atoms with E-state index in [9.17, 15) is 0 Å². The molecule has 0 amide bonds. The molecule has 3 nitrogen and oxygen atoms in total. The largest absolute Gasteiger partial charge is 0.486 e. The van der Waals surface area contributed by atoms with Gasteiger partial charge in [0.15, 0.2) is 11.5 Å². The zero-order chi connectivity index (χ0) is 13.8. The lowest BCUT2D eigenvalue weighted by Crippen LogP contribution is -2.34. The molecule has 3 rings (SSSR count). The van der Waals surface area contributed by atoms with E-state index in [2.05, 4.69) is 24.0 Å². The fourth-order valence-electron chi connectivity index (χ4n) is 3.15. The van der Waals surface area contributed by atoms with Gasteiger partial charge in [-0.05, 0) is 56.0 Å². The average molecular weight is 275 g/mol. The smallest absolute Gasteiger partial charge is 0.161 e. The molecule has 2 aliphatic heterocycles. The van der Waals surface area contributed by atoms with Crippen LogP contribution in [-0.4, -0.2) is 37.7 Å². The molecule has 1 aromatic rings. The standard InChI is InChI=1S/C17H25NO2/c1-2-14-5-8-18(9-6-14)10-7-15-3-4-16-17(13-15)20-12-11-19-16/h3-4,13-14H,2,5-12H2,1H3. The highest BCUT2D eigenvalue weighted by atomic mass is 16.6. The summed E-state index contributed by atoms with van der Waals surface area (Å²) < 4.78 is 11.2. The van der Waals surface area contributed by atoms with Crippen LogP contribution in [0.1, 0.15) is 31.7 Å². The van der Waals surface area contributed by atoms with Gasteiger partial charge in [-0.2, -0.15) is 0 Å². The third-order valence-corrected chi connectivity index (χ3v) is 4.61. The summed E-state index contributed by atoms with van der Waals surface area (Å²) >= 11 is 0. The van der Waals surface area contributed by atoms with E-state index >= 15 is 0 Å². The molecule has 2 heterocycles. The first-order chi connectivity index (χ1) is 9.85. The molecule has 2 aliphatic rings. The fraction of sp³-hybridized carbons (Fsp3) is 0.647. The number of hydrogen-bond acceptors (Lipinski definition) is 3. The van der Waals surface area contributed by atoms with E-state index in [0.29, 0.717) is 13.2 Å². The van der Waals surface area contributed by atoms with Crippen LogP contribution < -0.4 is 9.47 Å². The Morgan fingerprint density at radius 3 is 2.60 bits per heavy atom.